The lowest BCUT2D eigenvalue weighted by molar-refractivity contribution is 0.103. The van der Waals surface area contributed by atoms with Crippen molar-refractivity contribution < 1.29 is 4.79 Å². The maximum atomic E-state index is 12.4. The highest BCUT2D eigenvalue weighted by Gasteiger charge is 2.12. The molecular weight excluding hydrogens is 312 g/mol. The Bertz CT molecular complexity index is 828. The highest BCUT2D eigenvalue weighted by molar-refractivity contribution is 7.80. The van der Waals surface area contributed by atoms with Crippen LogP contribution < -0.4 is 0 Å². The van der Waals surface area contributed by atoms with Crippen LogP contribution in [-0.4, -0.2) is 5.78 Å². The monoisotopic (exact) mass is 324 g/mol. The zero-order valence-electron chi connectivity index (χ0n) is 11.7. The van der Waals surface area contributed by atoms with Crippen molar-refractivity contribution in [2.75, 3.05) is 0 Å². The average Bonchev–Trinajstić information content (AvgIpc) is 2.56. The summed E-state index contributed by atoms with van der Waals surface area (Å²) < 4.78 is 0. The second kappa shape index (κ2) is 6.39. The summed E-state index contributed by atoms with van der Waals surface area (Å²) in [7, 11) is 0. The third kappa shape index (κ3) is 2.94. The predicted molar refractivity (Wildman–Crippen MR) is 94.0 cm³/mol. The Morgan fingerprint density at radius 1 is 0.773 bits per heavy atom. The number of carbonyl (C=O) groups is 1. The lowest BCUT2D eigenvalue weighted by Crippen LogP contribution is -2.01. The van der Waals surface area contributed by atoms with E-state index in [1.165, 1.54) is 0 Å². The summed E-state index contributed by atoms with van der Waals surface area (Å²) in [5, 5.41) is 0.545. The van der Waals surface area contributed by atoms with Crippen molar-refractivity contribution in [3.8, 4) is 11.1 Å². The summed E-state index contributed by atoms with van der Waals surface area (Å²) in [6, 6.07) is 22.3. The summed E-state index contributed by atoms with van der Waals surface area (Å²) >= 11 is 10.8. The minimum absolute atomic E-state index is 0.0341. The molecule has 0 aromatic heterocycles. The Morgan fingerprint density at radius 2 is 1.45 bits per heavy atom. The lowest BCUT2D eigenvalue weighted by atomic mass is 9.99. The number of hydrogen-bond donors (Lipinski definition) is 1. The number of carbonyl (C=O) groups excluding carboxylic acids is 1. The Kier molecular flexibility index (Phi) is 4.32. The van der Waals surface area contributed by atoms with Gasteiger partial charge in [0.1, 0.15) is 0 Å². The number of rotatable bonds is 3. The van der Waals surface area contributed by atoms with E-state index >= 15 is 0 Å². The molecule has 108 valence electrons. The van der Waals surface area contributed by atoms with Gasteiger partial charge in [0.2, 0.25) is 0 Å². The van der Waals surface area contributed by atoms with Crippen LogP contribution in [0.15, 0.2) is 77.7 Å². The van der Waals surface area contributed by atoms with E-state index in [-0.39, 0.29) is 5.78 Å². The Balaban J connectivity index is 2.00. The van der Waals surface area contributed by atoms with Crippen LogP contribution in [0.1, 0.15) is 15.9 Å². The normalized spacial score (nSPS) is 10.5. The molecule has 0 unspecified atom stereocenters. The highest BCUT2D eigenvalue weighted by Crippen LogP contribution is 2.33. The van der Waals surface area contributed by atoms with Crippen LogP contribution in [0.3, 0.4) is 0 Å². The van der Waals surface area contributed by atoms with Gasteiger partial charge in [0, 0.05) is 26.6 Å². The molecule has 3 aromatic rings. The van der Waals surface area contributed by atoms with E-state index in [1.54, 1.807) is 24.3 Å². The number of hydrogen-bond acceptors (Lipinski definition) is 2. The van der Waals surface area contributed by atoms with Gasteiger partial charge in [-0.15, -0.1) is 12.6 Å². The maximum Gasteiger partial charge on any atom is 0.193 e. The first-order valence-electron chi connectivity index (χ1n) is 6.84. The molecule has 0 saturated carbocycles. The molecular formula is C19H13ClOS. The smallest absolute Gasteiger partial charge is 0.193 e. The number of benzene rings is 3. The number of halogens is 1. The van der Waals surface area contributed by atoms with Gasteiger partial charge >= 0.3 is 0 Å². The molecule has 0 aliphatic heterocycles. The third-order valence-corrected chi connectivity index (χ3v) is 4.16. The molecule has 0 radical (unpaired) electrons. The maximum absolute atomic E-state index is 12.4. The Labute approximate surface area is 140 Å². The molecule has 0 aliphatic rings. The Morgan fingerprint density at radius 3 is 2.14 bits per heavy atom. The van der Waals surface area contributed by atoms with Gasteiger partial charge < -0.3 is 0 Å². The predicted octanol–water partition coefficient (Wildman–Crippen LogP) is 5.53. The first-order valence-corrected chi connectivity index (χ1v) is 7.67. The SMILES string of the molecule is O=C(c1ccccc1)c1ccc(-c2ccccc2S)c(Cl)c1. The fourth-order valence-corrected chi connectivity index (χ4v) is 2.90. The fourth-order valence-electron chi connectivity index (χ4n) is 2.33. The average molecular weight is 325 g/mol. The molecule has 3 aromatic carbocycles. The van der Waals surface area contributed by atoms with E-state index in [9.17, 15) is 4.79 Å². The van der Waals surface area contributed by atoms with Gasteiger partial charge in [-0.25, -0.2) is 0 Å². The van der Waals surface area contributed by atoms with Gasteiger partial charge in [0.15, 0.2) is 5.78 Å². The summed E-state index contributed by atoms with van der Waals surface area (Å²) in [5.41, 5.74) is 3.06. The first-order chi connectivity index (χ1) is 10.7. The number of thiol groups is 1. The highest BCUT2D eigenvalue weighted by atomic mass is 35.5. The molecule has 3 heteroatoms. The van der Waals surface area contributed by atoms with Crippen molar-refractivity contribution >= 4 is 30.0 Å². The molecule has 0 fully saturated rings. The molecule has 0 aliphatic carbocycles. The topological polar surface area (TPSA) is 17.1 Å². The molecule has 0 N–H and O–H groups in total. The van der Waals surface area contributed by atoms with Crippen molar-refractivity contribution in [3.05, 3.63) is 88.9 Å². The quantitative estimate of drug-likeness (QED) is 0.495. The lowest BCUT2D eigenvalue weighted by Gasteiger charge is -2.09. The van der Waals surface area contributed by atoms with Crippen LogP contribution >= 0.6 is 24.2 Å². The van der Waals surface area contributed by atoms with Crippen LogP contribution in [-0.2, 0) is 0 Å². The number of ketones is 1. The largest absolute Gasteiger partial charge is 0.289 e. The first kappa shape index (κ1) is 14.9. The third-order valence-electron chi connectivity index (χ3n) is 3.46. The molecule has 0 bridgehead atoms. The van der Waals surface area contributed by atoms with E-state index in [2.05, 4.69) is 12.6 Å². The van der Waals surface area contributed by atoms with Crippen molar-refractivity contribution in [1.82, 2.24) is 0 Å². The summed E-state index contributed by atoms with van der Waals surface area (Å²) in [4.78, 5) is 13.3. The minimum Gasteiger partial charge on any atom is -0.289 e. The molecule has 3 rings (SSSR count). The minimum atomic E-state index is -0.0341. The van der Waals surface area contributed by atoms with Gasteiger partial charge in [0.25, 0.3) is 0 Å². The van der Waals surface area contributed by atoms with Gasteiger partial charge in [-0.05, 0) is 17.7 Å². The molecule has 1 nitrogen and oxygen atoms in total. The molecule has 0 amide bonds. The van der Waals surface area contributed by atoms with E-state index in [1.807, 2.05) is 48.5 Å². The molecule has 0 saturated heterocycles. The molecule has 0 atom stereocenters. The standard InChI is InChI=1S/C19H13ClOS/c20-17-12-14(19(21)13-6-2-1-3-7-13)10-11-15(17)16-8-4-5-9-18(16)22/h1-12,22H. The Hall–Kier alpha value is -2.03. The van der Waals surface area contributed by atoms with E-state index < -0.39 is 0 Å². The van der Waals surface area contributed by atoms with Gasteiger partial charge in [-0.2, -0.15) is 0 Å². The van der Waals surface area contributed by atoms with Crippen LogP contribution in [0.2, 0.25) is 5.02 Å². The second-order valence-corrected chi connectivity index (χ2v) is 5.80. The van der Waals surface area contributed by atoms with Crippen LogP contribution in [0.25, 0.3) is 11.1 Å². The zero-order valence-corrected chi connectivity index (χ0v) is 13.3. The van der Waals surface area contributed by atoms with Gasteiger partial charge in [0.05, 0.1) is 0 Å². The summed E-state index contributed by atoms with van der Waals surface area (Å²) in [5.74, 6) is -0.0341. The summed E-state index contributed by atoms with van der Waals surface area (Å²) in [6.07, 6.45) is 0. The van der Waals surface area contributed by atoms with Crippen molar-refractivity contribution in [2.45, 2.75) is 4.90 Å². The van der Waals surface area contributed by atoms with Crippen LogP contribution in [0.4, 0.5) is 0 Å². The fraction of sp³-hybridized carbons (Fsp3) is 0. The van der Waals surface area contributed by atoms with Gasteiger partial charge in [-0.1, -0.05) is 72.3 Å². The van der Waals surface area contributed by atoms with Crippen molar-refractivity contribution in [2.24, 2.45) is 0 Å². The van der Waals surface area contributed by atoms with E-state index in [0.29, 0.717) is 16.1 Å². The van der Waals surface area contributed by atoms with Crippen molar-refractivity contribution in [1.29, 1.82) is 0 Å². The summed E-state index contributed by atoms with van der Waals surface area (Å²) in [6.45, 7) is 0. The molecule has 0 heterocycles. The van der Waals surface area contributed by atoms with E-state index in [4.69, 9.17) is 11.6 Å². The molecule has 0 spiro atoms. The van der Waals surface area contributed by atoms with Crippen LogP contribution in [0.5, 0.6) is 0 Å². The zero-order chi connectivity index (χ0) is 15.5. The van der Waals surface area contributed by atoms with E-state index in [0.717, 1.165) is 16.0 Å². The van der Waals surface area contributed by atoms with Crippen molar-refractivity contribution in [3.63, 3.8) is 0 Å². The molecule has 22 heavy (non-hydrogen) atoms. The second-order valence-electron chi connectivity index (χ2n) is 4.91. The van der Waals surface area contributed by atoms with Crippen LogP contribution in [0, 0.1) is 0 Å². The van der Waals surface area contributed by atoms with Gasteiger partial charge in [-0.3, -0.25) is 4.79 Å².